The first-order valence-electron chi connectivity index (χ1n) is 8.47. The van der Waals surface area contributed by atoms with Gasteiger partial charge in [0.25, 0.3) is 11.8 Å². The van der Waals surface area contributed by atoms with E-state index in [2.05, 4.69) is 0 Å². The van der Waals surface area contributed by atoms with Gasteiger partial charge in [-0.1, -0.05) is 47.5 Å². The van der Waals surface area contributed by atoms with Crippen molar-refractivity contribution in [3.8, 4) is 0 Å². The van der Waals surface area contributed by atoms with E-state index in [1.54, 1.807) is 24.3 Å². The Balaban J connectivity index is 1.64. The molecule has 0 radical (unpaired) electrons. The first kappa shape index (κ1) is 16.5. The van der Waals surface area contributed by atoms with Crippen molar-refractivity contribution in [1.29, 1.82) is 0 Å². The number of imide groups is 1. The Morgan fingerprint density at radius 2 is 1.42 bits per heavy atom. The molecule has 2 aliphatic rings. The van der Waals surface area contributed by atoms with Crippen LogP contribution in [-0.2, 0) is 19.8 Å². The highest BCUT2D eigenvalue weighted by Crippen LogP contribution is 2.37. The van der Waals surface area contributed by atoms with E-state index < -0.39 is 23.2 Å². The van der Waals surface area contributed by atoms with Crippen LogP contribution in [0.15, 0.2) is 54.6 Å². The maximum absolute atomic E-state index is 13.1. The van der Waals surface area contributed by atoms with E-state index in [-0.39, 0.29) is 11.1 Å². The van der Waals surface area contributed by atoms with Gasteiger partial charge in [-0.25, -0.2) is 4.79 Å². The van der Waals surface area contributed by atoms with Gasteiger partial charge in [0.2, 0.25) is 0 Å². The fraction of sp³-hybridized carbons (Fsp3) is 0.250. The van der Waals surface area contributed by atoms with Crippen molar-refractivity contribution in [2.24, 2.45) is 0 Å². The monoisotopic (exact) mass is 351 g/mol. The Labute approximate surface area is 150 Å². The third-order valence-electron chi connectivity index (χ3n) is 4.99. The highest BCUT2D eigenvalue weighted by molar-refractivity contribution is 6.21. The summed E-state index contributed by atoms with van der Waals surface area (Å²) >= 11 is 0. The van der Waals surface area contributed by atoms with E-state index in [4.69, 9.17) is 9.57 Å². The molecule has 2 aromatic carbocycles. The molecule has 0 N–H and O–H groups in total. The van der Waals surface area contributed by atoms with Crippen LogP contribution in [0.5, 0.6) is 0 Å². The van der Waals surface area contributed by atoms with E-state index >= 15 is 0 Å². The Morgan fingerprint density at radius 1 is 0.885 bits per heavy atom. The lowest BCUT2D eigenvalue weighted by atomic mass is 9.74. The first-order chi connectivity index (χ1) is 12.6. The van der Waals surface area contributed by atoms with Gasteiger partial charge in [-0.15, -0.1) is 0 Å². The average Bonchev–Trinajstić information content (AvgIpc) is 2.94. The van der Waals surface area contributed by atoms with Crippen molar-refractivity contribution in [2.75, 3.05) is 13.2 Å². The standard InChI is InChI=1S/C20H17NO5/c22-17-15-8-4-5-9-16(15)18(23)21(17)26-19(24)20(10-12-25-13-11-20)14-6-2-1-3-7-14/h1-9H,10-13H2. The van der Waals surface area contributed by atoms with Crippen molar-refractivity contribution in [2.45, 2.75) is 18.3 Å². The fourth-order valence-corrected chi connectivity index (χ4v) is 3.51. The number of hydroxylamine groups is 2. The zero-order valence-corrected chi connectivity index (χ0v) is 14.0. The summed E-state index contributed by atoms with van der Waals surface area (Å²) in [5.74, 6) is -1.84. The summed E-state index contributed by atoms with van der Waals surface area (Å²) in [5.41, 5.74) is 0.344. The first-order valence-corrected chi connectivity index (χ1v) is 8.47. The predicted octanol–water partition coefficient (Wildman–Crippen LogP) is 2.49. The Kier molecular flexibility index (Phi) is 4.05. The Hall–Kier alpha value is -2.99. The molecule has 2 aliphatic heterocycles. The molecule has 1 fully saturated rings. The number of carbonyl (C=O) groups is 3. The molecule has 6 nitrogen and oxygen atoms in total. The van der Waals surface area contributed by atoms with E-state index in [0.29, 0.717) is 31.1 Å². The van der Waals surface area contributed by atoms with Gasteiger partial charge in [-0.2, -0.15) is 0 Å². The topological polar surface area (TPSA) is 72.9 Å². The maximum Gasteiger partial charge on any atom is 0.343 e. The average molecular weight is 351 g/mol. The number of rotatable bonds is 3. The summed E-state index contributed by atoms with van der Waals surface area (Å²) in [6, 6.07) is 15.7. The van der Waals surface area contributed by atoms with Gasteiger partial charge in [0.05, 0.1) is 16.5 Å². The molecule has 0 atom stereocenters. The van der Waals surface area contributed by atoms with Gasteiger partial charge in [0.15, 0.2) is 0 Å². The molecule has 132 valence electrons. The highest BCUT2D eigenvalue weighted by atomic mass is 16.7. The van der Waals surface area contributed by atoms with Gasteiger partial charge in [-0.3, -0.25) is 9.59 Å². The lowest BCUT2D eigenvalue weighted by Crippen LogP contribution is -2.46. The number of amides is 2. The molecule has 4 rings (SSSR count). The highest BCUT2D eigenvalue weighted by Gasteiger charge is 2.47. The summed E-state index contributed by atoms with van der Waals surface area (Å²) in [6.07, 6.45) is 0.859. The molecule has 2 heterocycles. The third-order valence-corrected chi connectivity index (χ3v) is 4.99. The van der Waals surface area contributed by atoms with Crippen molar-refractivity contribution in [3.63, 3.8) is 0 Å². The molecule has 0 aromatic heterocycles. The second-order valence-corrected chi connectivity index (χ2v) is 6.39. The van der Waals surface area contributed by atoms with Gasteiger partial charge in [0, 0.05) is 13.2 Å². The van der Waals surface area contributed by atoms with Crippen molar-refractivity contribution < 1.29 is 24.0 Å². The number of hydrogen-bond acceptors (Lipinski definition) is 5. The molecule has 0 unspecified atom stereocenters. The summed E-state index contributed by atoms with van der Waals surface area (Å²) in [4.78, 5) is 43.4. The zero-order valence-electron chi connectivity index (χ0n) is 14.0. The summed E-state index contributed by atoms with van der Waals surface area (Å²) < 4.78 is 5.40. The molecule has 26 heavy (non-hydrogen) atoms. The maximum atomic E-state index is 13.1. The second kappa shape index (κ2) is 6.38. The SMILES string of the molecule is O=C1c2ccccc2C(=O)N1OC(=O)C1(c2ccccc2)CCOCC1. The van der Waals surface area contributed by atoms with Crippen LogP contribution in [0.1, 0.15) is 39.1 Å². The third kappa shape index (κ3) is 2.50. The van der Waals surface area contributed by atoms with Crippen LogP contribution >= 0.6 is 0 Å². The zero-order chi connectivity index (χ0) is 18.1. The number of benzene rings is 2. The lowest BCUT2D eigenvalue weighted by molar-refractivity contribution is -0.179. The summed E-state index contributed by atoms with van der Waals surface area (Å²) in [5, 5.41) is 0.577. The van der Waals surface area contributed by atoms with E-state index in [1.807, 2.05) is 30.3 Å². The molecule has 2 aromatic rings. The van der Waals surface area contributed by atoms with Crippen LogP contribution in [-0.4, -0.2) is 36.1 Å². The minimum absolute atomic E-state index is 0.242. The van der Waals surface area contributed by atoms with Crippen molar-refractivity contribution >= 4 is 17.8 Å². The lowest BCUT2D eigenvalue weighted by Gasteiger charge is -2.35. The molecule has 0 bridgehead atoms. The summed E-state index contributed by atoms with van der Waals surface area (Å²) in [6.45, 7) is 0.818. The quantitative estimate of drug-likeness (QED) is 0.795. The Bertz CT molecular complexity index is 836. The minimum Gasteiger partial charge on any atom is -0.381 e. The van der Waals surface area contributed by atoms with Crippen LogP contribution in [0, 0.1) is 0 Å². The van der Waals surface area contributed by atoms with Gasteiger partial charge < -0.3 is 9.57 Å². The fourth-order valence-electron chi connectivity index (χ4n) is 3.51. The smallest absolute Gasteiger partial charge is 0.343 e. The van der Waals surface area contributed by atoms with Gasteiger partial charge >= 0.3 is 5.97 Å². The summed E-state index contributed by atoms with van der Waals surface area (Å²) in [7, 11) is 0. The minimum atomic E-state index is -0.936. The second-order valence-electron chi connectivity index (χ2n) is 6.39. The van der Waals surface area contributed by atoms with E-state index in [1.165, 1.54) is 0 Å². The van der Waals surface area contributed by atoms with Gasteiger partial charge in [0.1, 0.15) is 0 Å². The molecule has 6 heteroatoms. The van der Waals surface area contributed by atoms with E-state index in [0.717, 1.165) is 5.56 Å². The number of nitrogens with zero attached hydrogens (tertiary/aromatic N) is 1. The largest absolute Gasteiger partial charge is 0.381 e. The Morgan fingerprint density at radius 3 is 2.00 bits per heavy atom. The number of hydrogen-bond donors (Lipinski definition) is 0. The van der Waals surface area contributed by atoms with Crippen LogP contribution in [0.2, 0.25) is 0 Å². The molecular formula is C20H17NO5. The molecule has 1 saturated heterocycles. The molecule has 0 aliphatic carbocycles. The van der Waals surface area contributed by atoms with Crippen LogP contribution in [0.4, 0.5) is 0 Å². The van der Waals surface area contributed by atoms with Crippen molar-refractivity contribution in [1.82, 2.24) is 5.06 Å². The molecule has 2 amide bonds. The number of carbonyl (C=O) groups excluding carboxylic acids is 3. The number of ether oxygens (including phenoxy) is 1. The number of fused-ring (bicyclic) bond motifs is 1. The van der Waals surface area contributed by atoms with E-state index in [9.17, 15) is 14.4 Å². The predicted molar refractivity (Wildman–Crippen MR) is 91.2 cm³/mol. The molecule has 0 saturated carbocycles. The van der Waals surface area contributed by atoms with Gasteiger partial charge in [-0.05, 0) is 30.5 Å². The molecular weight excluding hydrogens is 334 g/mol. The van der Waals surface area contributed by atoms with Crippen LogP contribution in [0.25, 0.3) is 0 Å². The normalized spacial score (nSPS) is 18.5. The van der Waals surface area contributed by atoms with Crippen molar-refractivity contribution in [3.05, 3.63) is 71.3 Å². The van der Waals surface area contributed by atoms with Crippen LogP contribution in [0.3, 0.4) is 0 Å². The molecule has 0 spiro atoms. The van der Waals surface area contributed by atoms with Crippen LogP contribution < -0.4 is 0 Å².